The third-order valence-corrected chi connectivity index (χ3v) is 2.29. The lowest BCUT2D eigenvalue weighted by Gasteiger charge is -2.09. The summed E-state index contributed by atoms with van der Waals surface area (Å²) < 4.78 is 10.2. The molecule has 0 saturated heterocycles. The number of aliphatic hydroxyl groups excluding tert-OH is 2. The molecule has 0 aromatic heterocycles. The summed E-state index contributed by atoms with van der Waals surface area (Å²) >= 11 is 5.88. The van der Waals surface area contributed by atoms with Crippen LogP contribution in [-0.2, 0) is 0 Å². The monoisotopic (exact) mass is 216 g/mol. The summed E-state index contributed by atoms with van der Waals surface area (Å²) in [4.78, 5) is 0. The van der Waals surface area contributed by atoms with Gasteiger partial charge in [-0.25, -0.2) is 0 Å². The highest BCUT2D eigenvalue weighted by Gasteiger charge is 2.20. The molecule has 0 saturated carbocycles. The molecule has 2 rings (SSSR count). The van der Waals surface area contributed by atoms with E-state index in [9.17, 15) is 5.11 Å². The molecule has 1 aromatic rings. The summed E-state index contributed by atoms with van der Waals surface area (Å²) in [7, 11) is 0. The van der Waals surface area contributed by atoms with Crippen LogP contribution >= 0.6 is 11.6 Å². The van der Waals surface area contributed by atoms with Gasteiger partial charge in [0, 0.05) is 0 Å². The molecule has 0 bridgehead atoms. The summed E-state index contributed by atoms with van der Waals surface area (Å²) in [6.45, 7) is -0.219. The van der Waals surface area contributed by atoms with Crippen LogP contribution in [0.1, 0.15) is 11.7 Å². The minimum Gasteiger partial charge on any atom is -0.454 e. The molecule has 0 spiro atoms. The Bertz CT molecular complexity index is 353. The van der Waals surface area contributed by atoms with E-state index in [1.54, 1.807) is 12.1 Å². The lowest BCUT2D eigenvalue weighted by atomic mass is 10.1. The zero-order valence-electron chi connectivity index (χ0n) is 7.24. The number of rotatable bonds is 2. The number of fused-ring (bicyclic) bond motifs is 1. The molecule has 5 heteroatoms. The Morgan fingerprint density at radius 1 is 1.43 bits per heavy atom. The van der Waals surface area contributed by atoms with Gasteiger partial charge in [0.05, 0.1) is 11.6 Å². The van der Waals surface area contributed by atoms with Gasteiger partial charge in [-0.3, -0.25) is 0 Å². The minimum absolute atomic E-state index is 0.133. The third kappa shape index (κ3) is 1.52. The van der Waals surface area contributed by atoms with Crippen molar-refractivity contribution in [3.63, 3.8) is 0 Å². The van der Waals surface area contributed by atoms with E-state index in [1.165, 1.54) is 0 Å². The van der Waals surface area contributed by atoms with Crippen molar-refractivity contribution in [2.45, 2.75) is 6.10 Å². The highest BCUT2D eigenvalue weighted by Crippen LogP contribution is 2.40. The van der Waals surface area contributed by atoms with Gasteiger partial charge in [0.25, 0.3) is 0 Å². The van der Waals surface area contributed by atoms with Crippen LogP contribution in [-0.4, -0.2) is 23.6 Å². The second-order valence-corrected chi connectivity index (χ2v) is 3.34. The van der Waals surface area contributed by atoms with Crippen LogP contribution in [0, 0.1) is 0 Å². The predicted octanol–water partition coefficient (Wildman–Crippen LogP) is 1.09. The second-order valence-electron chi connectivity index (χ2n) is 2.93. The van der Waals surface area contributed by atoms with Crippen molar-refractivity contribution in [3.05, 3.63) is 22.7 Å². The molecule has 0 fully saturated rings. The van der Waals surface area contributed by atoms with E-state index in [-0.39, 0.29) is 13.4 Å². The van der Waals surface area contributed by atoms with Gasteiger partial charge < -0.3 is 19.7 Å². The van der Waals surface area contributed by atoms with Gasteiger partial charge in [-0.15, -0.1) is 0 Å². The Kier molecular flexibility index (Phi) is 2.50. The molecule has 1 aliphatic heterocycles. The van der Waals surface area contributed by atoms with Crippen molar-refractivity contribution < 1.29 is 19.7 Å². The van der Waals surface area contributed by atoms with Crippen LogP contribution in [0.3, 0.4) is 0 Å². The second kappa shape index (κ2) is 3.65. The van der Waals surface area contributed by atoms with Crippen molar-refractivity contribution >= 4 is 11.6 Å². The van der Waals surface area contributed by atoms with Crippen LogP contribution in [0.4, 0.5) is 0 Å². The molecule has 14 heavy (non-hydrogen) atoms. The lowest BCUT2D eigenvalue weighted by Crippen LogP contribution is -2.02. The fourth-order valence-electron chi connectivity index (χ4n) is 1.29. The number of aliphatic hydroxyl groups is 2. The third-order valence-electron chi connectivity index (χ3n) is 2.01. The van der Waals surface area contributed by atoms with Crippen LogP contribution < -0.4 is 9.47 Å². The highest BCUT2D eigenvalue weighted by molar-refractivity contribution is 6.32. The summed E-state index contributed by atoms with van der Waals surface area (Å²) in [6, 6.07) is 3.16. The first-order valence-corrected chi connectivity index (χ1v) is 4.48. The smallest absolute Gasteiger partial charge is 0.231 e. The number of halogens is 1. The van der Waals surface area contributed by atoms with Gasteiger partial charge >= 0.3 is 0 Å². The van der Waals surface area contributed by atoms with Crippen LogP contribution in [0.2, 0.25) is 5.02 Å². The van der Waals surface area contributed by atoms with Crippen molar-refractivity contribution in [2.24, 2.45) is 0 Å². The maximum atomic E-state index is 9.38. The van der Waals surface area contributed by atoms with Crippen molar-refractivity contribution in [1.29, 1.82) is 0 Å². The number of ether oxygens (including phenoxy) is 2. The van der Waals surface area contributed by atoms with E-state index in [0.717, 1.165) is 0 Å². The van der Waals surface area contributed by atoms with E-state index >= 15 is 0 Å². The van der Waals surface area contributed by atoms with E-state index < -0.39 is 6.10 Å². The van der Waals surface area contributed by atoms with Crippen molar-refractivity contribution in [3.8, 4) is 11.5 Å². The van der Waals surface area contributed by atoms with Crippen LogP contribution in [0.15, 0.2) is 12.1 Å². The molecule has 1 aromatic carbocycles. The highest BCUT2D eigenvalue weighted by atomic mass is 35.5. The van der Waals surface area contributed by atoms with Crippen molar-refractivity contribution in [2.75, 3.05) is 13.4 Å². The SMILES string of the molecule is OCC(O)c1cc(Cl)c2c(c1)OCO2. The molecular formula is C9H9ClO4. The van der Waals surface area contributed by atoms with Gasteiger partial charge in [0.15, 0.2) is 11.5 Å². The Morgan fingerprint density at radius 3 is 2.93 bits per heavy atom. The van der Waals surface area contributed by atoms with Gasteiger partial charge in [0.1, 0.15) is 6.10 Å². The Morgan fingerprint density at radius 2 is 2.21 bits per heavy atom. The fourth-order valence-corrected chi connectivity index (χ4v) is 1.56. The standard InChI is InChI=1S/C9H9ClO4/c10-6-1-5(7(12)3-11)2-8-9(6)14-4-13-8/h1-2,7,11-12H,3-4H2. The molecule has 0 radical (unpaired) electrons. The number of benzene rings is 1. The summed E-state index contributed by atoms with van der Waals surface area (Å²) in [6.07, 6.45) is -0.943. The normalized spacial score (nSPS) is 15.6. The fraction of sp³-hybridized carbons (Fsp3) is 0.333. The Hall–Kier alpha value is -0.970. The molecule has 1 aliphatic rings. The first-order valence-electron chi connectivity index (χ1n) is 4.10. The predicted molar refractivity (Wildman–Crippen MR) is 49.6 cm³/mol. The molecule has 1 unspecified atom stereocenters. The van der Waals surface area contributed by atoms with Gasteiger partial charge in [0.2, 0.25) is 6.79 Å². The maximum absolute atomic E-state index is 9.38. The summed E-state index contributed by atoms with van der Waals surface area (Å²) in [5.41, 5.74) is 0.516. The minimum atomic E-state index is -0.943. The molecular weight excluding hydrogens is 208 g/mol. The molecule has 4 nitrogen and oxygen atoms in total. The topological polar surface area (TPSA) is 58.9 Å². The average molecular weight is 217 g/mol. The largest absolute Gasteiger partial charge is 0.454 e. The molecule has 76 valence electrons. The molecule has 0 amide bonds. The summed E-state index contributed by atoms with van der Waals surface area (Å²) in [5.74, 6) is 0.987. The van der Waals surface area contributed by atoms with Gasteiger partial charge in [-0.05, 0) is 17.7 Å². The zero-order valence-corrected chi connectivity index (χ0v) is 7.99. The first-order chi connectivity index (χ1) is 6.72. The van der Waals surface area contributed by atoms with E-state index in [2.05, 4.69) is 0 Å². The van der Waals surface area contributed by atoms with Gasteiger partial charge in [-0.1, -0.05) is 11.6 Å². The quantitative estimate of drug-likeness (QED) is 0.777. The Balaban J connectivity index is 2.41. The van der Waals surface area contributed by atoms with E-state index in [1.807, 2.05) is 0 Å². The van der Waals surface area contributed by atoms with E-state index in [4.69, 9.17) is 26.2 Å². The number of hydrogen-bond acceptors (Lipinski definition) is 4. The van der Waals surface area contributed by atoms with Crippen molar-refractivity contribution in [1.82, 2.24) is 0 Å². The number of hydrogen-bond donors (Lipinski definition) is 2. The average Bonchev–Trinajstić information content (AvgIpc) is 2.64. The summed E-state index contributed by atoms with van der Waals surface area (Å²) in [5, 5.41) is 18.5. The van der Waals surface area contributed by atoms with Gasteiger partial charge in [-0.2, -0.15) is 0 Å². The van der Waals surface area contributed by atoms with Crippen LogP contribution in [0.5, 0.6) is 11.5 Å². The maximum Gasteiger partial charge on any atom is 0.231 e. The molecule has 1 atom stereocenters. The molecule has 1 heterocycles. The first kappa shape index (κ1) is 9.58. The Labute approximate surface area is 85.6 Å². The lowest BCUT2D eigenvalue weighted by molar-refractivity contribution is 0.0954. The van der Waals surface area contributed by atoms with E-state index in [0.29, 0.717) is 22.1 Å². The zero-order chi connectivity index (χ0) is 10.1. The van der Waals surface area contributed by atoms with Crippen LogP contribution in [0.25, 0.3) is 0 Å². The molecule has 2 N–H and O–H groups in total. The molecule has 0 aliphatic carbocycles.